The van der Waals surface area contributed by atoms with Crippen LogP contribution in [0.25, 0.3) is 0 Å². The van der Waals surface area contributed by atoms with E-state index in [1.165, 1.54) is 58.2 Å². The van der Waals surface area contributed by atoms with Crippen LogP contribution >= 0.6 is 0 Å². The van der Waals surface area contributed by atoms with E-state index in [9.17, 15) is 0 Å². The fourth-order valence-corrected chi connectivity index (χ4v) is 3.40. The maximum absolute atomic E-state index is 3.45. The number of likely N-dealkylation sites (tertiary alicyclic amines) is 1. The standard InChI is InChI=1S/C13H26N2/c1-2-14-9-11-15-10-5-7-12-6-3-4-8-13(12)15/h12-14H,2-11H2,1H3/t12-,13-/m1/s1. The quantitative estimate of drug-likeness (QED) is 0.716. The Morgan fingerprint density at radius 3 is 2.80 bits per heavy atom. The Morgan fingerprint density at radius 2 is 1.93 bits per heavy atom. The molecule has 2 rings (SSSR count). The summed E-state index contributed by atoms with van der Waals surface area (Å²) in [7, 11) is 0. The van der Waals surface area contributed by atoms with Gasteiger partial charge in [0.25, 0.3) is 0 Å². The van der Waals surface area contributed by atoms with Crippen molar-refractivity contribution in [1.29, 1.82) is 0 Å². The highest BCUT2D eigenvalue weighted by molar-refractivity contribution is 4.87. The monoisotopic (exact) mass is 210 g/mol. The van der Waals surface area contributed by atoms with E-state index < -0.39 is 0 Å². The number of piperidine rings is 1. The van der Waals surface area contributed by atoms with Crippen LogP contribution < -0.4 is 5.32 Å². The van der Waals surface area contributed by atoms with Crippen LogP contribution in [0.4, 0.5) is 0 Å². The van der Waals surface area contributed by atoms with E-state index >= 15 is 0 Å². The zero-order valence-corrected chi connectivity index (χ0v) is 10.2. The van der Waals surface area contributed by atoms with Crippen molar-refractivity contribution >= 4 is 0 Å². The SMILES string of the molecule is CCNCCN1CCC[C@H]2CCCC[C@H]21. The van der Waals surface area contributed by atoms with Crippen molar-refractivity contribution in [3.05, 3.63) is 0 Å². The molecule has 0 unspecified atom stereocenters. The molecule has 1 saturated heterocycles. The zero-order chi connectivity index (χ0) is 10.5. The molecule has 2 heteroatoms. The van der Waals surface area contributed by atoms with Gasteiger partial charge in [-0.2, -0.15) is 0 Å². The van der Waals surface area contributed by atoms with E-state index in [4.69, 9.17) is 0 Å². The van der Waals surface area contributed by atoms with Crippen molar-refractivity contribution in [3.63, 3.8) is 0 Å². The van der Waals surface area contributed by atoms with Crippen LogP contribution in [-0.4, -0.2) is 37.1 Å². The number of nitrogens with zero attached hydrogens (tertiary/aromatic N) is 1. The average Bonchev–Trinajstić information content (AvgIpc) is 2.30. The van der Waals surface area contributed by atoms with Crippen molar-refractivity contribution in [2.24, 2.45) is 5.92 Å². The van der Waals surface area contributed by atoms with Crippen molar-refractivity contribution in [3.8, 4) is 0 Å². The van der Waals surface area contributed by atoms with E-state index in [0.29, 0.717) is 0 Å². The summed E-state index contributed by atoms with van der Waals surface area (Å²) in [5, 5.41) is 3.45. The lowest BCUT2D eigenvalue weighted by Gasteiger charge is -2.44. The van der Waals surface area contributed by atoms with Crippen LogP contribution in [0.3, 0.4) is 0 Å². The van der Waals surface area contributed by atoms with Crippen molar-refractivity contribution in [2.75, 3.05) is 26.2 Å². The predicted octanol–water partition coefficient (Wildman–Crippen LogP) is 2.25. The fraction of sp³-hybridized carbons (Fsp3) is 1.00. The van der Waals surface area contributed by atoms with Crippen molar-refractivity contribution < 1.29 is 0 Å². The van der Waals surface area contributed by atoms with E-state index in [-0.39, 0.29) is 0 Å². The summed E-state index contributed by atoms with van der Waals surface area (Å²) < 4.78 is 0. The van der Waals surface area contributed by atoms with E-state index in [1.54, 1.807) is 0 Å². The van der Waals surface area contributed by atoms with E-state index in [2.05, 4.69) is 17.1 Å². The van der Waals surface area contributed by atoms with Crippen LogP contribution in [0.2, 0.25) is 0 Å². The number of hydrogen-bond donors (Lipinski definition) is 1. The molecule has 2 atom stereocenters. The minimum Gasteiger partial charge on any atom is -0.316 e. The first-order valence-electron chi connectivity index (χ1n) is 6.86. The lowest BCUT2D eigenvalue weighted by atomic mass is 9.78. The third-order valence-electron chi connectivity index (χ3n) is 4.18. The third-order valence-corrected chi connectivity index (χ3v) is 4.18. The average molecular weight is 210 g/mol. The van der Waals surface area contributed by atoms with Gasteiger partial charge >= 0.3 is 0 Å². The molecule has 88 valence electrons. The topological polar surface area (TPSA) is 15.3 Å². The molecule has 0 bridgehead atoms. The van der Waals surface area contributed by atoms with Gasteiger partial charge in [0.05, 0.1) is 0 Å². The highest BCUT2D eigenvalue weighted by Gasteiger charge is 2.32. The maximum atomic E-state index is 3.45. The molecule has 1 N–H and O–H groups in total. The molecule has 0 aromatic carbocycles. The molecule has 1 aliphatic heterocycles. The van der Waals surface area contributed by atoms with Gasteiger partial charge < -0.3 is 5.32 Å². The van der Waals surface area contributed by atoms with Gasteiger partial charge in [0.15, 0.2) is 0 Å². The Hall–Kier alpha value is -0.0800. The second-order valence-electron chi connectivity index (χ2n) is 5.14. The Labute approximate surface area is 94.4 Å². The lowest BCUT2D eigenvalue weighted by molar-refractivity contribution is 0.0620. The molecule has 1 aliphatic carbocycles. The molecular formula is C13H26N2. The molecule has 1 saturated carbocycles. The van der Waals surface area contributed by atoms with Gasteiger partial charge in [-0.05, 0) is 44.7 Å². The number of nitrogens with one attached hydrogen (secondary N) is 1. The summed E-state index contributed by atoms with van der Waals surface area (Å²) in [6, 6.07) is 0.936. The summed E-state index contributed by atoms with van der Waals surface area (Å²) in [5.74, 6) is 1.04. The summed E-state index contributed by atoms with van der Waals surface area (Å²) in [4.78, 5) is 2.76. The smallest absolute Gasteiger partial charge is 0.0124 e. The predicted molar refractivity (Wildman–Crippen MR) is 65.1 cm³/mol. The van der Waals surface area contributed by atoms with Crippen LogP contribution in [0.15, 0.2) is 0 Å². The first kappa shape index (κ1) is 11.4. The normalized spacial score (nSPS) is 32.6. The van der Waals surface area contributed by atoms with Gasteiger partial charge in [-0.1, -0.05) is 19.8 Å². The van der Waals surface area contributed by atoms with Gasteiger partial charge in [0, 0.05) is 19.1 Å². The first-order valence-corrected chi connectivity index (χ1v) is 6.86. The summed E-state index contributed by atoms with van der Waals surface area (Å²) in [5.41, 5.74) is 0. The first-order chi connectivity index (χ1) is 7.42. The van der Waals surface area contributed by atoms with E-state index in [1.807, 2.05) is 0 Å². The summed E-state index contributed by atoms with van der Waals surface area (Å²) in [6.07, 6.45) is 8.87. The lowest BCUT2D eigenvalue weighted by Crippen LogP contribution is -2.48. The third kappa shape index (κ3) is 2.94. The molecule has 2 nitrogen and oxygen atoms in total. The molecular weight excluding hydrogens is 184 g/mol. The van der Waals surface area contributed by atoms with Crippen LogP contribution in [0, 0.1) is 5.92 Å². The molecule has 15 heavy (non-hydrogen) atoms. The summed E-state index contributed by atoms with van der Waals surface area (Å²) in [6.45, 7) is 7.11. The second-order valence-corrected chi connectivity index (χ2v) is 5.14. The Bertz CT molecular complexity index is 179. The summed E-state index contributed by atoms with van der Waals surface area (Å²) >= 11 is 0. The number of fused-ring (bicyclic) bond motifs is 1. The number of hydrogen-bond acceptors (Lipinski definition) is 2. The molecule has 0 spiro atoms. The minimum atomic E-state index is 0.936. The van der Waals surface area contributed by atoms with Crippen molar-refractivity contribution in [2.45, 2.75) is 51.5 Å². The van der Waals surface area contributed by atoms with Gasteiger partial charge in [-0.15, -0.1) is 0 Å². The van der Waals surface area contributed by atoms with Crippen LogP contribution in [0.5, 0.6) is 0 Å². The maximum Gasteiger partial charge on any atom is 0.0124 e. The molecule has 0 amide bonds. The van der Waals surface area contributed by atoms with Crippen molar-refractivity contribution in [1.82, 2.24) is 10.2 Å². The molecule has 1 heterocycles. The molecule has 0 aromatic rings. The number of rotatable bonds is 4. The van der Waals surface area contributed by atoms with Crippen LogP contribution in [-0.2, 0) is 0 Å². The highest BCUT2D eigenvalue weighted by atomic mass is 15.2. The van der Waals surface area contributed by atoms with E-state index in [0.717, 1.165) is 18.5 Å². The fourth-order valence-electron chi connectivity index (χ4n) is 3.40. The van der Waals surface area contributed by atoms with Gasteiger partial charge in [-0.3, -0.25) is 4.90 Å². The minimum absolute atomic E-state index is 0.936. The molecule has 0 aromatic heterocycles. The number of likely N-dealkylation sites (N-methyl/N-ethyl adjacent to an activating group) is 1. The Balaban J connectivity index is 1.81. The second kappa shape index (κ2) is 5.86. The molecule has 0 radical (unpaired) electrons. The van der Waals surface area contributed by atoms with Gasteiger partial charge in [-0.25, -0.2) is 0 Å². The highest BCUT2D eigenvalue weighted by Crippen LogP contribution is 2.34. The largest absolute Gasteiger partial charge is 0.316 e. The molecule has 2 aliphatic rings. The van der Waals surface area contributed by atoms with Gasteiger partial charge in [0.1, 0.15) is 0 Å². The Morgan fingerprint density at radius 1 is 1.13 bits per heavy atom. The van der Waals surface area contributed by atoms with Gasteiger partial charge in [0.2, 0.25) is 0 Å². The Kier molecular flexibility index (Phi) is 4.45. The zero-order valence-electron chi connectivity index (χ0n) is 10.2. The molecule has 2 fully saturated rings. The van der Waals surface area contributed by atoms with Crippen LogP contribution in [0.1, 0.15) is 45.4 Å².